The number of anilines is 1. The van der Waals surface area contributed by atoms with E-state index in [4.69, 9.17) is 14.5 Å². The summed E-state index contributed by atoms with van der Waals surface area (Å²) in [4.78, 5) is 36.8. The van der Waals surface area contributed by atoms with Gasteiger partial charge in [0.15, 0.2) is 6.61 Å². The van der Waals surface area contributed by atoms with E-state index in [0.717, 1.165) is 47.6 Å². The minimum Gasteiger partial charge on any atom is -0.482 e. The normalized spacial score (nSPS) is 17.1. The predicted molar refractivity (Wildman–Crippen MR) is 131 cm³/mol. The smallest absolute Gasteiger partial charge is 0.329 e. The number of thiazole rings is 1. The summed E-state index contributed by atoms with van der Waals surface area (Å²) in [5.41, 5.74) is 3.02. The van der Waals surface area contributed by atoms with Gasteiger partial charge in [-0.05, 0) is 62.4 Å². The third-order valence-corrected chi connectivity index (χ3v) is 7.19. The topological polar surface area (TPSA) is 81.6 Å². The zero-order valence-electron chi connectivity index (χ0n) is 19.1. The molecule has 0 saturated heterocycles. The van der Waals surface area contributed by atoms with Crippen molar-refractivity contribution in [3.8, 4) is 27.7 Å². The second kappa shape index (κ2) is 9.93. The first kappa shape index (κ1) is 22.5. The molecule has 5 rings (SSSR count). The van der Waals surface area contributed by atoms with Gasteiger partial charge in [0, 0.05) is 17.1 Å². The Bertz CT molecular complexity index is 1170. The highest BCUT2D eigenvalue weighted by molar-refractivity contribution is 7.13. The number of pyridine rings is 1. The number of benzene rings is 1. The van der Waals surface area contributed by atoms with Gasteiger partial charge in [0.05, 0.1) is 17.1 Å². The molecule has 2 aromatic heterocycles. The Hall–Kier alpha value is -3.26. The van der Waals surface area contributed by atoms with Crippen molar-refractivity contribution in [2.75, 3.05) is 11.5 Å². The van der Waals surface area contributed by atoms with Gasteiger partial charge in [-0.1, -0.05) is 19.4 Å². The molecule has 1 atom stereocenters. The summed E-state index contributed by atoms with van der Waals surface area (Å²) in [6, 6.07) is 10.7. The van der Waals surface area contributed by atoms with Gasteiger partial charge < -0.3 is 9.47 Å². The summed E-state index contributed by atoms with van der Waals surface area (Å²) < 4.78 is 11.5. The lowest BCUT2D eigenvalue weighted by Gasteiger charge is -2.35. The van der Waals surface area contributed by atoms with E-state index in [1.807, 2.05) is 48.7 Å². The summed E-state index contributed by atoms with van der Waals surface area (Å²) in [5, 5.41) is 2.79. The number of carbonyl (C=O) groups excluding carboxylic acids is 2. The van der Waals surface area contributed by atoms with E-state index >= 15 is 0 Å². The standard InChI is InChI=1S/C26H27N3O4S/c1-2-21(26(31)33-18-8-4-3-5-9-18)29-22-14-17(11-12-23(22)32-15-24(29)30)20-16-34-25(28-20)19-10-6-7-13-27-19/h6-7,10-14,16,18,21H,2-5,8-9,15H2,1H3. The summed E-state index contributed by atoms with van der Waals surface area (Å²) in [6.07, 6.45) is 7.26. The van der Waals surface area contributed by atoms with Crippen molar-refractivity contribution in [3.63, 3.8) is 0 Å². The number of rotatable bonds is 6. The molecule has 0 radical (unpaired) electrons. The van der Waals surface area contributed by atoms with Crippen molar-refractivity contribution in [2.24, 2.45) is 0 Å². The van der Waals surface area contributed by atoms with E-state index in [-0.39, 0.29) is 24.6 Å². The van der Waals surface area contributed by atoms with Crippen LogP contribution in [0.2, 0.25) is 0 Å². The van der Waals surface area contributed by atoms with E-state index in [1.165, 1.54) is 17.8 Å². The Kier molecular flexibility index (Phi) is 6.58. The van der Waals surface area contributed by atoms with Crippen LogP contribution in [0, 0.1) is 0 Å². The largest absolute Gasteiger partial charge is 0.482 e. The fraction of sp³-hybridized carbons (Fsp3) is 0.385. The molecule has 0 spiro atoms. The minimum atomic E-state index is -0.688. The number of hydrogen-bond donors (Lipinski definition) is 0. The average Bonchev–Trinajstić information content (AvgIpc) is 3.37. The second-order valence-corrected chi connectivity index (χ2v) is 9.47. The van der Waals surface area contributed by atoms with Gasteiger partial charge in [0.25, 0.3) is 5.91 Å². The molecule has 1 amide bonds. The third-order valence-electron chi connectivity index (χ3n) is 6.33. The molecule has 1 aromatic carbocycles. The highest BCUT2D eigenvalue weighted by Gasteiger charge is 2.37. The quantitative estimate of drug-likeness (QED) is 0.451. The van der Waals surface area contributed by atoms with Crippen molar-refractivity contribution >= 4 is 28.9 Å². The molecule has 1 saturated carbocycles. The van der Waals surface area contributed by atoms with Crippen LogP contribution < -0.4 is 9.64 Å². The molecule has 34 heavy (non-hydrogen) atoms. The van der Waals surface area contributed by atoms with Crippen LogP contribution in [0.15, 0.2) is 48.0 Å². The molecule has 0 N–H and O–H groups in total. The van der Waals surface area contributed by atoms with E-state index < -0.39 is 6.04 Å². The summed E-state index contributed by atoms with van der Waals surface area (Å²) in [7, 11) is 0. The fourth-order valence-electron chi connectivity index (χ4n) is 4.57. The molecule has 3 heterocycles. The Labute approximate surface area is 202 Å². The van der Waals surface area contributed by atoms with Gasteiger partial charge in [-0.15, -0.1) is 11.3 Å². The Morgan fingerprint density at radius 3 is 2.82 bits per heavy atom. The summed E-state index contributed by atoms with van der Waals surface area (Å²) >= 11 is 1.51. The van der Waals surface area contributed by atoms with Crippen molar-refractivity contribution in [3.05, 3.63) is 48.0 Å². The lowest BCUT2D eigenvalue weighted by Crippen LogP contribution is -2.50. The van der Waals surface area contributed by atoms with E-state index in [1.54, 1.807) is 11.1 Å². The van der Waals surface area contributed by atoms with Crippen LogP contribution in [0.3, 0.4) is 0 Å². The molecular formula is C26H27N3O4S. The molecule has 1 aliphatic carbocycles. The molecule has 1 aliphatic heterocycles. The molecule has 0 bridgehead atoms. The summed E-state index contributed by atoms with van der Waals surface area (Å²) in [5.74, 6) is -0.0101. The van der Waals surface area contributed by atoms with Crippen molar-refractivity contribution in [2.45, 2.75) is 57.6 Å². The monoisotopic (exact) mass is 477 g/mol. The molecule has 8 heteroatoms. The number of carbonyl (C=O) groups is 2. The maximum Gasteiger partial charge on any atom is 0.329 e. The first-order valence-electron chi connectivity index (χ1n) is 11.8. The van der Waals surface area contributed by atoms with Crippen molar-refractivity contribution < 1.29 is 19.1 Å². The number of ether oxygens (including phenoxy) is 2. The Morgan fingerprint density at radius 2 is 2.06 bits per heavy atom. The highest BCUT2D eigenvalue weighted by Crippen LogP contribution is 2.39. The van der Waals surface area contributed by atoms with Crippen LogP contribution in [0.1, 0.15) is 45.4 Å². The van der Waals surface area contributed by atoms with Crippen LogP contribution in [-0.4, -0.2) is 40.6 Å². The highest BCUT2D eigenvalue weighted by atomic mass is 32.1. The van der Waals surface area contributed by atoms with Crippen molar-refractivity contribution in [1.29, 1.82) is 0 Å². The number of hydrogen-bond acceptors (Lipinski definition) is 7. The van der Waals surface area contributed by atoms with Gasteiger partial charge in [0.2, 0.25) is 0 Å². The maximum atomic E-state index is 13.1. The predicted octanol–water partition coefficient (Wildman–Crippen LogP) is 5.25. The minimum absolute atomic E-state index is 0.0581. The molecular weight excluding hydrogens is 450 g/mol. The number of esters is 1. The van der Waals surface area contributed by atoms with Crippen LogP contribution in [-0.2, 0) is 14.3 Å². The average molecular weight is 478 g/mol. The SMILES string of the molecule is CCC(C(=O)OC1CCCCC1)N1C(=O)COc2ccc(-c3csc(-c4ccccn4)n3)cc21. The van der Waals surface area contributed by atoms with E-state index in [0.29, 0.717) is 17.9 Å². The Morgan fingerprint density at radius 1 is 1.21 bits per heavy atom. The van der Waals surface area contributed by atoms with Crippen LogP contribution >= 0.6 is 11.3 Å². The number of amides is 1. The number of fused-ring (bicyclic) bond motifs is 1. The first-order valence-corrected chi connectivity index (χ1v) is 12.7. The van der Waals surface area contributed by atoms with Crippen molar-refractivity contribution in [1.82, 2.24) is 9.97 Å². The molecule has 3 aromatic rings. The lowest BCUT2D eigenvalue weighted by molar-refractivity contribution is -0.153. The molecule has 2 aliphatic rings. The maximum absolute atomic E-state index is 13.1. The second-order valence-electron chi connectivity index (χ2n) is 8.61. The first-order chi connectivity index (χ1) is 16.6. The molecule has 1 unspecified atom stereocenters. The van der Waals surface area contributed by atoms with Gasteiger partial charge in [-0.25, -0.2) is 9.78 Å². The number of aromatic nitrogens is 2. The fourth-order valence-corrected chi connectivity index (χ4v) is 5.37. The lowest BCUT2D eigenvalue weighted by atomic mass is 9.97. The van der Waals surface area contributed by atoms with Crippen LogP contribution in [0.4, 0.5) is 5.69 Å². The van der Waals surface area contributed by atoms with Crippen LogP contribution in [0.5, 0.6) is 5.75 Å². The molecule has 1 fully saturated rings. The van der Waals surface area contributed by atoms with Gasteiger partial charge in [-0.2, -0.15) is 0 Å². The van der Waals surface area contributed by atoms with Gasteiger partial charge >= 0.3 is 5.97 Å². The van der Waals surface area contributed by atoms with E-state index in [9.17, 15) is 9.59 Å². The van der Waals surface area contributed by atoms with Crippen LogP contribution in [0.25, 0.3) is 22.0 Å². The Balaban J connectivity index is 1.44. The molecule has 7 nitrogen and oxygen atoms in total. The molecule has 176 valence electrons. The third kappa shape index (κ3) is 4.55. The zero-order chi connectivity index (χ0) is 23.5. The zero-order valence-corrected chi connectivity index (χ0v) is 19.9. The number of nitrogens with zero attached hydrogens (tertiary/aromatic N) is 3. The summed E-state index contributed by atoms with van der Waals surface area (Å²) in [6.45, 7) is 1.80. The van der Waals surface area contributed by atoms with Gasteiger partial charge in [0.1, 0.15) is 22.9 Å². The van der Waals surface area contributed by atoms with Gasteiger partial charge in [-0.3, -0.25) is 14.7 Å². The van der Waals surface area contributed by atoms with E-state index in [2.05, 4.69) is 4.98 Å².